The van der Waals surface area contributed by atoms with E-state index in [9.17, 15) is 4.79 Å². The molecular formula is C16H22N2O. The van der Waals surface area contributed by atoms with Crippen LogP contribution in [0, 0.1) is 30.1 Å². The molecule has 102 valence electrons. The summed E-state index contributed by atoms with van der Waals surface area (Å²) < 4.78 is 0. The first-order chi connectivity index (χ1) is 9.02. The predicted octanol–water partition coefficient (Wildman–Crippen LogP) is 3.19. The van der Waals surface area contributed by atoms with Crippen molar-refractivity contribution >= 4 is 5.91 Å². The van der Waals surface area contributed by atoms with E-state index in [-0.39, 0.29) is 11.8 Å². The molecule has 0 fully saturated rings. The fraction of sp³-hybridized carbons (Fsp3) is 0.500. The summed E-state index contributed by atoms with van der Waals surface area (Å²) in [7, 11) is 0. The maximum absolute atomic E-state index is 11.7. The fourth-order valence-corrected chi connectivity index (χ4v) is 1.83. The smallest absolute Gasteiger partial charge is 0.220 e. The van der Waals surface area contributed by atoms with E-state index in [1.165, 1.54) is 5.56 Å². The van der Waals surface area contributed by atoms with Crippen molar-refractivity contribution in [2.45, 2.75) is 40.2 Å². The molecule has 0 bridgehead atoms. The summed E-state index contributed by atoms with van der Waals surface area (Å²) in [5.74, 6) is 0.279. The van der Waals surface area contributed by atoms with Crippen LogP contribution in [0.4, 0.5) is 0 Å². The Balaban J connectivity index is 2.32. The number of hydrogen-bond acceptors (Lipinski definition) is 2. The van der Waals surface area contributed by atoms with Crippen molar-refractivity contribution in [3.05, 3.63) is 35.4 Å². The average molecular weight is 258 g/mol. The van der Waals surface area contributed by atoms with Crippen LogP contribution in [0.25, 0.3) is 0 Å². The molecule has 0 aromatic heterocycles. The molecular weight excluding hydrogens is 236 g/mol. The number of nitriles is 1. The summed E-state index contributed by atoms with van der Waals surface area (Å²) in [5.41, 5.74) is 2.31. The maximum atomic E-state index is 11.7. The highest BCUT2D eigenvalue weighted by Gasteiger charge is 2.13. The van der Waals surface area contributed by atoms with Gasteiger partial charge in [-0.2, -0.15) is 5.26 Å². The molecule has 0 heterocycles. The molecule has 0 saturated carbocycles. The van der Waals surface area contributed by atoms with Crippen LogP contribution in [-0.4, -0.2) is 5.91 Å². The molecule has 19 heavy (non-hydrogen) atoms. The third-order valence-electron chi connectivity index (χ3n) is 3.26. The maximum Gasteiger partial charge on any atom is 0.220 e. The highest BCUT2D eigenvalue weighted by molar-refractivity contribution is 5.75. The van der Waals surface area contributed by atoms with Gasteiger partial charge in [0.1, 0.15) is 0 Å². The lowest BCUT2D eigenvalue weighted by Crippen LogP contribution is -2.23. The van der Waals surface area contributed by atoms with Gasteiger partial charge in [-0.3, -0.25) is 4.79 Å². The molecule has 3 heteroatoms. The molecule has 0 saturated heterocycles. The number of carbonyl (C=O) groups is 1. The van der Waals surface area contributed by atoms with Gasteiger partial charge in [0, 0.05) is 18.9 Å². The van der Waals surface area contributed by atoms with E-state index >= 15 is 0 Å². The molecule has 1 N–H and O–H groups in total. The molecule has 0 aliphatic heterocycles. The predicted molar refractivity (Wildman–Crippen MR) is 76.2 cm³/mol. The zero-order valence-corrected chi connectivity index (χ0v) is 11.9. The second kappa shape index (κ2) is 7.58. The monoisotopic (exact) mass is 258 g/mol. The normalized spacial score (nSPS) is 11.9. The van der Waals surface area contributed by atoms with E-state index < -0.39 is 0 Å². The molecule has 1 atom stereocenters. The van der Waals surface area contributed by atoms with Crippen LogP contribution in [0.3, 0.4) is 0 Å². The van der Waals surface area contributed by atoms with Gasteiger partial charge in [-0.25, -0.2) is 0 Å². The summed E-state index contributed by atoms with van der Waals surface area (Å²) in [6, 6.07) is 10.4. The van der Waals surface area contributed by atoms with Crippen LogP contribution < -0.4 is 5.32 Å². The van der Waals surface area contributed by atoms with E-state index in [4.69, 9.17) is 5.26 Å². The number of aryl methyl sites for hydroxylation is 1. The lowest BCUT2D eigenvalue weighted by atomic mass is 9.92. The summed E-state index contributed by atoms with van der Waals surface area (Å²) in [4.78, 5) is 11.7. The lowest BCUT2D eigenvalue weighted by Gasteiger charge is -2.12. The number of amides is 1. The average Bonchev–Trinajstić information content (AvgIpc) is 2.38. The van der Waals surface area contributed by atoms with Gasteiger partial charge >= 0.3 is 0 Å². The number of carbonyl (C=O) groups excluding carboxylic acids is 1. The standard InChI is InChI=1S/C16H22N2O/c1-12(2)15(10-17)8-9-16(19)18-11-14-6-4-13(3)5-7-14/h4-7,12,15H,8-9,11H2,1-3H3,(H,18,19). The molecule has 1 aromatic rings. The Labute approximate surface area is 115 Å². The van der Waals surface area contributed by atoms with Gasteiger partial charge in [-0.05, 0) is 24.8 Å². The van der Waals surface area contributed by atoms with Gasteiger partial charge in [0.05, 0.1) is 6.07 Å². The molecule has 1 aromatic carbocycles. The van der Waals surface area contributed by atoms with Gasteiger partial charge in [-0.1, -0.05) is 43.7 Å². The van der Waals surface area contributed by atoms with Crippen molar-refractivity contribution < 1.29 is 4.79 Å². The molecule has 1 rings (SSSR count). The van der Waals surface area contributed by atoms with Crippen LogP contribution in [-0.2, 0) is 11.3 Å². The minimum Gasteiger partial charge on any atom is -0.352 e. The lowest BCUT2D eigenvalue weighted by molar-refractivity contribution is -0.121. The number of rotatable bonds is 6. The third kappa shape index (κ3) is 5.56. The van der Waals surface area contributed by atoms with Gasteiger partial charge in [0.25, 0.3) is 0 Å². The largest absolute Gasteiger partial charge is 0.352 e. The Morgan fingerprint density at radius 1 is 1.32 bits per heavy atom. The SMILES string of the molecule is Cc1ccc(CNC(=O)CCC(C#N)C(C)C)cc1. The second-order valence-electron chi connectivity index (χ2n) is 5.28. The Bertz CT molecular complexity index is 443. The number of nitrogens with one attached hydrogen (secondary N) is 1. The minimum absolute atomic E-state index is 0.0153. The van der Waals surface area contributed by atoms with Crippen LogP contribution in [0.15, 0.2) is 24.3 Å². The van der Waals surface area contributed by atoms with Crippen LogP contribution in [0.2, 0.25) is 0 Å². The van der Waals surface area contributed by atoms with Crippen LogP contribution >= 0.6 is 0 Å². The van der Waals surface area contributed by atoms with Crippen molar-refractivity contribution in [3.63, 3.8) is 0 Å². The van der Waals surface area contributed by atoms with Gasteiger partial charge in [0.15, 0.2) is 0 Å². The Morgan fingerprint density at radius 2 is 1.95 bits per heavy atom. The second-order valence-corrected chi connectivity index (χ2v) is 5.28. The third-order valence-corrected chi connectivity index (χ3v) is 3.26. The summed E-state index contributed by atoms with van der Waals surface area (Å²) >= 11 is 0. The Kier molecular flexibility index (Phi) is 6.08. The summed E-state index contributed by atoms with van der Waals surface area (Å²) in [6.07, 6.45) is 1.05. The fourth-order valence-electron chi connectivity index (χ4n) is 1.83. The summed E-state index contributed by atoms with van der Waals surface area (Å²) in [5, 5.41) is 11.8. The quantitative estimate of drug-likeness (QED) is 0.852. The van der Waals surface area contributed by atoms with Crippen molar-refractivity contribution in [2.75, 3.05) is 0 Å². The van der Waals surface area contributed by atoms with Crippen molar-refractivity contribution in [1.29, 1.82) is 5.26 Å². The number of benzene rings is 1. The van der Waals surface area contributed by atoms with Crippen molar-refractivity contribution in [1.82, 2.24) is 5.32 Å². The molecule has 3 nitrogen and oxygen atoms in total. The zero-order chi connectivity index (χ0) is 14.3. The molecule has 0 radical (unpaired) electrons. The van der Waals surface area contributed by atoms with E-state index in [0.29, 0.717) is 25.3 Å². The first-order valence-corrected chi connectivity index (χ1v) is 6.74. The highest BCUT2D eigenvalue weighted by Crippen LogP contribution is 2.15. The van der Waals surface area contributed by atoms with Gasteiger partial charge in [-0.15, -0.1) is 0 Å². The van der Waals surface area contributed by atoms with Gasteiger partial charge < -0.3 is 5.32 Å². The highest BCUT2D eigenvalue weighted by atomic mass is 16.1. The topological polar surface area (TPSA) is 52.9 Å². The van der Waals surface area contributed by atoms with Gasteiger partial charge in [0.2, 0.25) is 5.91 Å². The Hall–Kier alpha value is -1.82. The van der Waals surface area contributed by atoms with E-state index in [1.54, 1.807) is 0 Å². The Morgan fingerprint density at radius 3 is 2.47 bits per heavy atom. The molecule has 0 aliphatic carbocycles. The number of nitrogens with zero attached hydrogens (tertiary/aromatic N) is 1. The molecule has 1 amide bonds. The molecule has 0 spiro atoms. The van der Waals surface area contributed by atoms with Crippen LogP contribution in [0.5, 0.6) is 0 Å². The number of hydrogen-bond donors (Lipinski definition) is 1. The van der Waals surface area contributed by atoms with Crippen LogP contribution in [0.1, 0.15) is 37.8 Å². The minimum atomic E-state index is -0.0369. The first kappa shape index (κ1) is 15.2. The van der Waals surface area contributed by atoms with Crippen molar-refractivity contribution in [3.8, 4) is 6.07 Å². The molecule has 0 aliphatic rings. The molecule has 1 unspecified atom stereocenters. The van der Waals surface area contributed by atoms with E-state index in [2.05, 4.69) is 11.4 Å². The summed E-state index contributed by atoms with van der Waals surface area (Å²) in [6.45, 7) is 6.62. The zero-order valence-electron chi connectivity index (χ0n) is 11.9. The van der Waals surface area contributed by atoms with E-state index in [1.807, 2.05) is 45.0 Å². The van der Waals surface area contributed by atoms with Crippen molar-refractivity contribution in [2.24, 2.45) is 11.8 Å². The van der Waals surface area contributed by atoms with E-state index in [0.717, 1.165) is 5.56 Å². The first-order valence-electron chi connectivity index (χ1n) is 6.74.